The van der Waals surface area contributed by atoms with Gasteiger partial charge in [0.25, 0.3) is 5.56 Å². The van der Waals surface area contributed by atoms with Crippen LogP contribution in [-0.4, -0.2) is 29.7 Å². The zero-order chi connectivity index (χ0) is 22.0. The quantitative estimate of drug-likeness (QED) is 0.465. The highest BCUT2D eigenvalue weighted by atomic mass is 35.5. The van der Waals surface area contributed by atoms with E-state index in [9.17, 15) is 9.59 Å². The Balaban J connectivity index is 1.59. The number of carbonyl (C=O) groups is 1. The summed E-state index contributed by atoms with van der Waals surface area (Å²) in [6.45, 7) is -0.201. The molecule has 4 rings (SSSR count). The monoisotopic (exact) mass is 455 g/mol. The lowest BCUT2D eigenvalue weighted by molar-refractivity contribution is -0.116. The van der Waals surface area contributed by atoms with Crippen LogP contribution in [-0.2, 0) is 11.3 Å². The van der Waals surface area contributed by atoms with Crippen LogP contribution in [0.2, 0.25) is 5.02 Å². The number of methoxy groups -OCH3 is 2. The lowest BCUT2D eigenvalue weighted by Crippen LogP contribution is -2.27. The second-order valence-corrected chi connectivity index (χ2v) is 8.06. The van der Waals surface area contributed by atoms with E-state index in [0.29, 0.717) is 32.4 Å². The van der Waals surface area contributed by atoms with E-state index >= 15 is 0 Å². The topological polar surface area (TPSA) is 82.4 Å². The van der Waals surface area contributed by atoms with Crippen LogP contribution < -0.4 is 20.3 Å². The molecular weight excluding hydrogens is 438 g/mol. The number of aromatic nitrogens is 2. The van der Waals surface area contributed by atoms with Crippen LogP contribution in [0.15, 0.2) is 59.7 Å². The molecule has 7 nitrogen and oxygen atoms in total. The van der Waals surface area contributed by atoms with Crippen LogP contribution in [0.3, 0.4) is 0 Å². The molecule has 2 aromatic heterocycles. The van der Waals surface area contributed by atoms with E-state index in [2.05, 4.69) is 10.3 Å². The molecular formula is C22H18ClN3O4S. The van der Waals surface area contributed by atoms with Crippen LogP contribution in [0.4, 0.5) is 5.69 Å². The number of rotatable bonds is 6. The molecule has 1 N–H and O–H groups in total. The molecule has 0 aliphatic carbocycles. The lowest BCUT2D eigenvalue weighted by atomic mass is 10.2. The largest absolute Gasteiger partial charge is 0.495 e. The van der Waals surface area contributed by atoms with Gasteiger partial charge in [0.15, 0.2) is 0 Å². The van der Waals surface area contributed by atoms with Gasteiger partial charge in [-0.1, -0.05) is 41.9 Å². The first-order valence-electron chi connectivity index (χ1n) is 9.26. The van der Waals surface area contributed by atoms with E-state index in [1.165, 1.54) is 42.5 Å². The Hall–Kier alpha value is -3.36. The Morgan fingerprint density at radius 1 is 1.13 bits per heavy atom. The van der Waals surface area contributed by atoms with Gasteiger partial charge in [0.1, 0.15) is 22.7 Å². The highest BCUT2D eigenvalue weighted by molar-refractivity contribution is 7.22. The number of ether oxygens (including phenoxy) is 2. The molecule has 0 aliphatic heterocycles. The zero-order valence-electron chi connectivity index (χ0n) is 16.7. The van der Waals surface area contributed by atoms with Crippen LogP contribution in [0.1, 0.15) is 0 Å². The van der Waals surface area contributed by atoms with Crippen molar-refractivity contribution in [3.8, 4) is 21.9 Å². The third-order valence-corrected chi connectivity index (χ3v) is 6.08. The number of amides is 1. The number of hydrogen-bond donors (Lipinski definition) is 1. The van der Waals surface area contributed by atoms with Crippen LogP contribution >= 0.6 is 22.9 Å². The van der Waals surface area contributed by atoms with Gasteiger partial charge in [0, 0.05) is 10.9 Å². The van der Waals surface area contributed by atoms with Crippen molar-refractivity contribution in [2.45, 2.75) is 6.54 Å². The molecule has 4 aromatic rings. The molecule has 0 aliphatic rings. The summed E-state index contributed by atoms with van der Waals surface area (Å²) in [4.78, 5) is 30.8. The highest BCUT2D eigenvalue weighted by Crippen LogP contribution is 2.36. The van der Waals surface area contributed by atoms with Gasteiger partial charge in [-0.05, 0) is 17.7 Å². The molecule has 0 atom stereocenters. The van der Waals surface area contributed by atoms with E-state index in [4.69, 9.17) is 21.1 Å². The third kappa shape index (κ3) is 4.26. The molecule has 0 saturated heterocycles. The van der Waals surface area contributed by atoms with Crippen molar-refractivity contribution in [2.75, 3.05) is 19.5 Å². The fraction of sp³-hybridized carbons (Fsp3) is 0.136. The van der Waals surface area contributed by atoms with Crippen LogP contribution in [0.25, 0.3) is 20.7 Å². The molecule has 0 unspecified atom stereocenters. The minimum Gasteiger partial charge on any atom is -0.495 e. The minimum atomic E-state index is -0.414. The van der Waals surface area contributed by atoms with Crippen LogP contribution in [0.5, 0.6) is 11.5 Å². The molecule has 0 saturated carbocycles. The van der Waals surface area contributed by atoms with E-state index in [1.54, 1.807) is 6.07 Å². The average Bonchev–Trinajstić information content (AvgIpc) is 3.22. The molecule has 2 heterocycles. The first-order valence-corrected chi connectivity index (χ1v) is 10.5. The van der Waals surface area contributed by atoms with Gasteiger partial charge in [-0.25, -0.2) is 4.98 Å². The Kier molecular flexibility index (Phi) is 5.92. The Labute approximate surface area is 186 Å². The lowest BCUT2D eigenvalue weighted by Gasteiger charge is -2.13. The maximum Gasteiger partial charge on any atom is 0.271 e. The van der Waals surface area contributed by atoms with E-state index in [0.717, 1.165) is 10.4 Å². The summed E-state index contributed by atoms with van der Waals surface area (Å²) in [5.74, 6) is 0.401. The molecule has 9 heteroatoms. The summed E-state index contributed by atoms with van der Waals surface area (Å²) in [6, 6.07) is 14.8. The second-order valence-electron chi connectivity index (χ2n) is 6.60. The number of nitrogens with one attached hydrogen (secondary N) is 1. The van der Waals surface area contributed by atoms with Crippen molar-refractivity contribution >= 4 is 44.7 Å². The van der Waals surface area contributed by atoms with Crippen molar-refractivity contribution in [1.29, 1.82) is 0 Å². The number of hydrogen-bond acceptors (Lipinski definition) is 6. The zero-order valence-corrected chi connectivity index (χ0v) is 18.3. The average molecular weight is 456 g/mol. The van der Waals surface area contributed by atoms with Gasteiger partial charge >= 0.3 is 0 Å². The molecule has 0 spiro atoms. The fourth-order valence-corrected chi connectivity index (χ4v) is 4.41. The molecule has 1 amide bonds. The number of anilines is 1. The first kappa shape index (κ1) is 20.9. The first-order chi connectivity index (χ1) is 15.0. The normalized spacial score (nSPS) is 10.8. The van der Waals surface area contributed by atoms with Crippen molar-refractivity contribution in [1.82, 2.24) is 9.55 Å². The predicted octanol–water partition coefficient (Wildman–Crippen LogP) is 4.43. The SMILES string of the molecule is COc1cc(OC)c(NC(=O)Cn2cnc3cc(-c4ccccc4)sc3c2=O)cc1Cl. The van der Waals surface area contributed by atoms with Gasteiger partial charge in [0.2, 0.25) is 5.91 Å². The van der Waals surface area contributed by atoms with Crippen molar-refractivity contribution < 1.29 is 14.3 Å². The molecule has 0 fully saturated rings. The smallest absolute Gasteiger partial charge is 0.271 e. The second kappa shape index (κ2) is 8.79. The Bertz CT molecular complexity index is 1320. The Morgan fingerprint density at radius 3 is 2.58 bits per heavy atom. The third-order valence-electron chi connectivity index (χ3n) is 4.62. The fourth-order valence-electron chi connectivity index (χ4n) is 3.10. The molecule has 0 radical (unpaired) electrons. The Morgan fingerprint density at radius 2 is 1.87 bits per heavy atom. The number of nitrogens with zero attached hydrogens (tertiary/aromatic N) is 2. The van der Waals surface area contributed by atoms with E-state index < -0.39 is 5.91 Å². The summed E-state index contributed by atoms with van der Waals surface area (Å²) in [5, 5.41) is 3.05. The van der Waals surface area contributed by atoms with Gasteiger partial charge < -0.3 is 14.8 Å². The molecule has 31 heavy (non-hydrogen) atoms. The van der Waals surface area contributed by atoms with Crippen LogP contribution in [0, 0.1) is 0 Å². The predicted molar refractivity (Wildman–Crippen MR) is 123 cm³/mol. The molecule has 0 bridgehead atoms. The summed E-state index contributed by atoms with van der Waals surface area (Å²) >= 11 is 7.51. The number of benzene rings is 2. The summed E-state index contributed by atoms with van der Waals surface area (Å²) in [6.07, 6.45) is 1.38. The van der Waals surface area contributed by atoms with Gasteiger partial charge in [-0.3, -0.25) is 14.2 Å². The number of carbonyl (C=O) groups excluding carboxylic acids is 1. The summed E-state index contributed by atoms with van der Waals surface area (Å²) in [7, 11) is 2.96. The van der Waals surface area contributed by atoms with E-state index in [-0.39, 0.29) is 12.1 Å². The maximum atomic E-state index is 12.9. The van der Waals surface area contributed by atoms with Crippen molar-refractivity contribution in [3.05, 3.63) is 70.2 Å². The number of fused-ring (bicyclic) bond motifs is 1. The van der Waals surface area contributed by atoms with Gasteiger partial charge in [-0.15, -0.1) is 11.3 Å². The minimum absolute atomic E-state index is 0.201. The highest BCUT2D eigenvalue weighted by Gasteiger charge is 2.15. The molecule has 2 aromatic carbocycles. The standard InChI is InChI=1S/C22H18ClN3O4S/c1-29-17-10-18(30-2)15(8-14(17)23)25-20(27)11-26-12-24-16-9-19(31-21(16)22(26)28)13-6-4-3-5-7-13/h3-10,12H,11H2,1-2H3,(H,25,27). The van der Waals surface area contributed by atoms with E-state index in [1.807, 2.05) is 36.4 Å². The van der Waals surface area contributed by atoms with Crippen molar-refractivity contribution in [3.63, 3.8) is 0 Å². The number of halogens is 1. The van der Waals surface area contributed by atoms with Crippen molar-refractivity contribution in [2.24, 2.45) is 0 Å². The van der Waals surface area contributed by atoms with Gasteiger partial charge in [0.05, 0.1) is 36.8 Å². The maximum absolute atomic E-state index is 12.9. The number of thiophene rings is 1. The summed E-state index contributed by atoms with van der Waals surface area (Å²) in [5.41, 5.74) is 1.72. The summed E-state index contributed by atoms with van der Waals surface area (Å²) < 4.78 is 12.2. The molecule has 158 valence electrons. The van der Waals surface area contributed by atoms with Gasteiger partial charge in [-0.2, -0.15) is 0 Å².